The van der Waals surface area contributed by atoms with Crippen LogP contribution in [0.3, 0.4) is 0 Å². The second-order valence-electron chi connectivity index (χ2n) is 4.23. The summed E-state index contributed by atoms with van der Waals surface area (Å²) >= 11 is 6.07. The van der Waals surface area contributed by atoms with Crippen LogP contribution in [-0.4, -0.2) is 18.9 Å². The van der Waals surface area contributed by atoms with E-state index in [4.69, 9.17) is 11.6 Å². The largest absolute Gasteiger partial charge is 0.301 e. The van der Waals surface area contributed by atoms with Gasteiger partial charge in [-0.1, -0.05) is 6.07 Å². The molecule has 0 saturated heterocycles. The van der Waals surface area contributed by atoms with E-state index in [2.05, 4.69) is 9.97 Å². The quantitative estimate of drug-likeness (QED) is 0.664. The van der Waals surface area contributed by atoms with Crippen molar-refractivity contribution in [2.45, 2.75) is 19.7 Å². The van der Waals surface area contributed by atoms with Gasteiger partial charge in [0.05, 0.1) is 17.3 Å². The molecular formula is C13H13ClN4. The van der Waals surface area contributed by atoms with Crippen LogP contribution in [-0.2, 0) is 5.88 Å². The number of nitrogens with zero attached hydrogens (tertiary/aromatic N) is 4. The zero-order valence-corrected chi connectivity index (χ0v) is 11.0. The van der Waals surface area contributed by atoms with Crippen molar-refractivity contribution >= 4 is 17.2 Å². The predicted molar refractivity (Wildman–Crippen MR) is 71.3 cm³/mol. The fourth-order valence-electron chi connectivity index (χ4n) is 2.06. The molecule has 0 atom stereocenters. The molecule has 0 bridgehead atoms. The maximum atomic E-state index is 6.07. The van der Waals surface area contributed by atoms with E-state index in [1.54, 1.807) is 6.33 Å². The first kappa shape index (κ1) is 11.3. The van der Waals surface area contributed by atoms with Gasteiger partial charge in [-0.15, -0.1) is 11.6 Å². The lowest BCUT2D eigenvalue weighted by Gasteiger charge is -2.04. The van der Waals surface area contributed by atoms with E-state index in [1.807, 2.05) is 47.2 Å². The Labute approximate surface area is 110 Å². The van der Waals surface area contributed by atoms with E-state index in [9.17, 15) is 0 Å². The fourth-order valence-corrected chi connectivity index (χ4v) is 2.31. The van der Waals surface area contributed by atoms with Crippen LogP contribution in [0.5, 0.6) is 0 Å². The molecule has 0 spiro atoms. The summed E-state index contributed by atoms with van der Waals surface area (Å²) in [7, 11) is 0. The highest BCUT2D eigenvalue weighted by molar-refractivity contribution is 6.17. The van der Waals surface area contributed by atoms with Crippen LogP contribution in [0.4, 0.5) is 0 Å². The van der Waals surface area contributed by atoms with E-state index >= 15 is 0 Å². The van der Waals surface area contributed by atoms with Gasteiger partial charge in [0.2, 0.25) is 0 Å². The molecule has 92 valence electrons. The van der Waals surface area contributed by atoms with Gasteiger partial charge in [0, 0.05) is 11.9 Å². The Hall–Kier alpha value is -1.81. The summed E-state index contributed by atoms with van der Waals surface area (Å²) < 4.78 is 4.00. The van der Waals surface area contributed by atoms with Gasteiger partial charge in [0.15, 0.2) is 5.82 Å². The van der Waals surface area contributed by atoms with Gasteiger partial charge in [0.1, 0.15) is 12.0 Å². The smallest absolute Gasteiger partial charge is 0.161 e. The third kappa shape index (κ3) is 1.53. The first-order valence-electron chi connectivity index (χ1n) is 5.75. The standard InChI is InChI=1S/C13H13ClN4/c1-9-10(2)18(8-15-9)13-11(7-14)17-6-4-3-5-12(17)16-13/h3-6,8H,7H2,1-2H3. The summed E-state index contributed by atoms with van der Waals surface area (Å²) in [6.45, 7) is 4.02. The highest BCUT2D eigenvalue weighted by atomic mass is 35.5. The topological polar surface area (TPSA) is 35.1 Å². The minimum atomic E-state index is 0.414. The van der Waals surface area contributed by atoms with Gasteiger partial charge in [-0.25, -0.2) is 9.97 Å². The molecule has 0 aromatic carbocycles. The Balaban J connectivity index is 2.32. The van der Waals surface area contributed by atoms with Gasteiger partial charge in [-0.3, -0.25) is 4.57 Å². The minimum Gasteiger partial charge on any atom is -0.301 e. The SMILES string of the molecule is Cc1ncn(-c2nc3ccccn3c2CCl)c1C. The number of pyridine rings is 1. The van der Waals surface area contributed by atoms with E-state index < -0.39 is 0 Å². The lowest BCUT2D eigenvalue weighted by atomic mass is 10.3. The number of hydrogen-bond donors (Lipinski definition) is 0. The van der Waals surface area contributed by atoms with Crippen LogP contribution in [0.25, 0.3) is 11.5 Å². The Morgan fingerprint density at radius 3 is 2.78 bits per heavy atom. The van der Waals surface area contributed by atoms with Crippen molar-refractivity contribution in [3.63, 3.8) is 0 Å². The third-order valence-electron chi connectivity index (χ3n) is 3.21. The second kappa shape index (κ2) is 4.14. The van der Waals surface area contributed by atoms with Gasteiger partial charge in [-0.2, -0.15) is 0 Å². The monoisotopic (exact) mass is 260 g/mol. The van der Waals surface area contributed by atoms with E-state index in [1.165, 1.54) is 0 Å². The van der Waals surface area contributed by atoms with Crippen molar-refractivity contribution in [3.05, 3.63) is 47.8 Å². The number of alkyl halides is 1. The van der Waals surface area contributed by atoms with Crippen molar-refractivity contribution in [1.29, 1.82) is 0 Å². The maximum Gasteiger partial charge on any atom is 0.161 e. The van der Waals surface area contributed by atoms with Crippen LogP contribution in [0.2, 0.25) is 0 Å². The number of aryl methyl sites for hydroxylation is 1. The Kier molecular flexibility index (Phi) is 2.59. The molecule has 0 saturated carbocycles. The first-order valence-corrected chi connectivity index (χ1v) is 6.28. The summed E-state index contributed by atoms with van der Waals surface area (Å²) in [5.74, 6) is 1.27. The highest BCUT2D eigenvalue weighted by Crippen LogP contribution is 2.21. The molecule has 5 heteroatoms. The molecule has 0 N–H and O–H groups in total. The van der Waals surface area contributed by atoms with Crippen LogP contribution in [0.15, 0.2) is 30.7 Å². The molecule has 0 aliphatic carbocycles. The van der Waals surface area contributed by atoms with Gasteiger partial charge >= 0.3 is 0 Å². The lowest BCUT2D eigenvalue weighted by Crippen LogP contribution is -2.00. The number of hydrogen-bond acceptors (Lipinski definition) is 2. The molecule has 18 heavy (non-hydrogen) atoms. The van der Waals surface area contributed by atoms with Crippen molar-refractivity contribution in [1.82, 2.24) is 18.9 Å². The average molecular weight is 261 g/mol. The summed E-state index contributed by atoms with van der Waals surface area (Å²) in [6.07, 6.45) is 3.77. The molecule has 0 radical (unpaired) electrons. The maximum absolute atomic E-state index is 6.07. The number of fused-ring (bicyclic) bond motifs is 1. The number of imidazole rings is 2. The average Bonchev–Trinajstić information content (AvgIpc) is 2.91. The van der Waals surface area contributed by atoms with Crippen molar-refractivity contribution in [2.75, 3.05) is 0 Å². The van der Waals surface area contributed by atoms with Gasteiger partial charge in [0.25, 0.3) is 0 Å². The summed E-state index contributed by atoms with van der Waals surface area (Å²) in [4.78, 5) is 8.94. The van der Waals surface area contributed by atoms with Crippen LogP contribution in [0.1, 0.15) is 17.1 Å². The van der Waals surface area contributed by atoms with Crippen LogP contribution in [0, 0.1) is 13.8 Å². The Morgan fingerprint density at radius 2 is 2.11 bits per heavy atom. The normalized spacial score (nSPS) is 11.3. The van der Waals surface area contributed by atoms with E-state index in [0.29, 0.717) is 5.88 Å². The summed E-state index contributed by atoms with van der Waals surface area (Å²) in [5.41, 5.74) is 3.97. The van der Waals surface area contributed by atoms with Crippen molar-refractivity contribution < 1.29 is 0 Å². The van der Waals surface area contributed by atoms with Crippen molar-refractivity contribution in [2.24, 2.45) is 0 Å². The molecule has 3 aromatic rings. The lowest BCUT2D eigenvalue weighted by molar-refractivity contribution is 0.941. The molecular weight excluding hydrogens is 248 g/mol. The molecule has 0 unspecified atom stereocenters. The summed E-state index contributed by atoms with van der Waals surface area (Å²) in [6, 6.07) is 5.91. The molecule has 0 aliphatic heterocycles. The van der Waals surface area contributed by atoms with Gasteiger partial charge < -0.3 is 4.40 Å². The zero-order chi connectivity index (χ0) is 12.7. The Bertz CT molecular complexity index is 711. The molecule has 0 amide bonds. The van der Waals surface area contributed by atoms with Gasteiger partial charge in [-0.05, 0) is 26.0 Å². The zero-order valence-electron chi connectivity index (χ0n) is 10.3. The van der Waals surface area contributed by atoms with Crippen LogP contribution >= 0.6 is 11.6 Å². The highest BCUT2D eigenvalue weighted by Gasteiger charge is 2.14. The number of halogens is 1. The second-order valence-corrected chi connectivity index (χ2v) is 4.50. The van der Waals surface area contributed by atoms with Crippen molar-refractivity contribution in [3.8, 4) is 5.82 Å². The molecule has 3 aromatic heterocycles. The van der Waals surface area contributed by atoms with E-state index in [-0.39, 0.29) is 0 Å². The molecule has 0 aliphatic rings. The molecule has 3 rings (SSSR count). The Morgan fingerprint density at radius 1 is 1.28 bits per heavy atom. The molecule has 3 heterocycles. The molecule has 0 fully saturated rings. The molecule has 4 nitrogen and oxygen atoms in total. The summed E-state index contributed by atoms with van der Waals surface area (Å²) in [5, 5.41) is 0. The first-order chi connectivity index (χ1) is 8.72. The fraction of sp³-hybridized carbons (Fsp3) is 0.231. The number of aromatic nitrogens is 4. The predicted octanol–water partition coefficient (Wildman–Crippen LogP) is 2.88. The number of rotatable bonds is 2. The van der Waals surface area contributed by atoms with E-state index in [0.717, 1.165) is 28.5 Å². The van der Waals surface area contributed by atoms with Crippen LogP contribution < -0.4 is 0 Å². The third-order valence-corrected chi connectivity index (χ3v) is 3.47. The minimum absolute atomic E-state index is 0.414.